The topological polar surface area (TPSA) is 46.1 Å². The summed E-state index contributed by atoms with van der Waals surface area (Å²) in [5, 5.41) is 3.34. The highest BCUT2D eigenvalue weighted by atomic mass is 127. The number of aliphatic imine (C=N–C) groups is 1. The molecular formula is C18H27FIN3O2. The SMILES string of the molecule is CN=C(NCC(C)Oc1ccccc1F)N1CCC2(CCOC2)C1.I. The van der Waals surface area contributed by atoms with E-state index in [0.717, 1.165) is 45.1 Å². The van der Waals surface area contributed by atoms with E-state index in [1.165, 1.54) is 6.07 Å². The number of benzene rings is 1. The maximum atomic E-state index is 13.6. The summed E-state index contributed by atoms with van der Waals surface area (Å²) in [7, 11) is 1.79. The zero-order chi connectivity index (χ0) is 17.0. The first-order valence-electron chi connectivity index (χ1n) is 8.56. The van der Waals surface area contributed by atoms with Gasteiger partial charge in [0.2, 0.25) is 0 Å². The van der Waals surface area contributed by atoms with Gasteiger partial charge < -0.3 is 19.7 Å². The van der Waals surface area contributed by atoms with E-state index < -0.39 is 0 Å². The van der Waals surface area contributed by atoms with E-state index in [-0.39, 0.29) is 41.6 Å². The molecule has 0 radical (unpaired) electrons. The molecule has 1 aromatic carbocycles. The lowest BCUT2D eigenvalue weighted by Gasteiger charge is -2.26. The van der Waals surface area contributed by atoms with E-state index >= 15 is 0 Å². The molecule has 140 valence electrons. The predicted octanol–water partition coefficient (Wildman–Crippen LogP) is 2.90. The van der Waals surface area contributed by atoms with Crippen molar-refractivity contribution in [1.29, 1.82) is 0 Å². The van der Waals surface area contributed by atoms with Crippen LogP contribution in [0.1, 0.15) is 19.8 Å². The number of ether oxygens (including phenoxy) is 2. The Labute approximate surface area is 166 Å². The van der Waals surface area contributed by atoms with Gasteiger partial charge in [-0.25, -0.2) is 4.39 Å². The third-order valence-electron chi connectivity index (χ3n) is 4.85. The third kappa shape index (κ3) is 4.97. The molecule has 3 rings (SSSR count). The Morgan fingerprint density at radius 2 is 2.24 bits per heavy atom. The molecule has 2 atom stereocenters. The van der Waals surface area contributed by atoms with Crippen LogP contribution in [0.5, 0.6) is 5.75 Å². The minimum Gasteiger partial charge on any atom is -0.486 e. The summed E-state index contributed by atoms with van der Waals surface area (Å²) in [6.45, 7) is 6.19. The van der Waals surface area contributed by atoms with Crippen LogP contribution in [0.25, 0.3) is 0 Å². The van der Waals surface area contributed by atoms with Crippen LogP contribution in [0.15, 0.2) is 29.3 Å². The van der Waals surface area contributed by atoms with Crippen LogP contribution in [0, 0.1) is 11.2 Å². The molecule has 0 saturated carbocycles. The van der Waals surface area contributed by atoms with E-state index in [0.29, 0.717) is 12.0 Å². The maximum absolute atomic E-state index is 13.6. The molecule has 1 N–H and O–H groups in total. The van der Waals surface area contributed by atoms with Gasteiger partial charge in [0.05, 0.1) is 13.2 Å². The van der Waals surface area contributed by atoms with Gasteiger partial charge in [0.15, 0.2) is 17.5 Å². The molecule has 5 nitrogen and oxygen atoms in total. The first-order valence-corrected chi connectivity index (χ1v) is 8.56. The Hall–Kier alpha value is -1.09. The summed E-state index contributed by atoms with van der Waals surface area (Å²) in [6, 6.07) is 6.47. The molecule has 25 heavy (non-hydrogen) atoms. The minimum absolute atomic E-state index is 0. The number of nitrogens with one attached hydrogen (secondary N) is 1. The molecule has 2 aliphatic rings. The van der Waals surface area contributed by atoms with Gasteiger partial charge in [0.25, 0.3) is 0 Å². The van der Waals surface area contributed by atoms with E-state index in [2.05, 4.69) is 15.2 Å². The minimum atomic E-state index is -0.337. The lowest BCUT2D eigenvalue weighted by Crippen LogP contribution is -2.44. The molecule has 7 heteroatoms. The highest BCUT2D eigenvalue weighted by Crippen LogP contribution is 2.38. The number of guanidine groups is 1. The number of likely N-dealkylation sites (tertiary alicyclic amines) is 1. The fourth-order valence-electron chi connectivity index (χ4n) is 3.45. The molecule has 0 bridgehead atoms. The van der Waals surface area contributed by atoms with Gasteiger partial charge in [-0.15, -0.1) is 24.0 Å². The number of rotatable bonds is 4. The second-order valence-electron chi connectivity index (χ2n) is 6.76. The van der Waals surface area contributed by atoms with Crippen LogP contribution < -0.4 is 10.1 Å². The van der Waals surface area contributed by atoms with Crippen LogP contribution in [-0.4, -0.2) is 56.9 Å². The lowest BCUT2D eigenvalue weighted by atomic mass is 9.87. The van der Waals surface area contributed by atoms with Crippen molar-refractivity contribution in [2.45, 2.75) is 25.9 Å². The first kappa shape index (κ1) is 20.2. The van der Waals surface area contributed by atoms with Crippen LogP contribution in [0.3, 0.4) is 0 Å². The standard InChI is InChI=1S/C18H26FN3O2.HI/c1-14(24-16-6-4-3-5-15(16)19)11-21-17(20-2)22-9-7-18(12-22)8-10-23-13-18;/h3-6,14H,7-13H2,1-2H3,(H,20,21);1H. The van der Waals surface area contributed by atoms with Gasteiger partial charge in [-0.3, -0.25) is 4.99 Å². The Morgan fingerprint density at radius 1 is 1.44 bits per heavy atom. The second-order valence-corrected chi connectivity index (χ2v) is 6.76. The quantitative estimate of drug-likeness (QED) is 0.424. The van der Waals surface area contributed by atoms with E-state index in [4.69, 9.17) is 9.47 Å². The van der Waals surface area contributed by atoms with Crippen molar-refractivity contribution in [3.63, 3.8) is 0 Å². The van der Waals surface area contributed by atoms with Gasteiger partial charge in [-0.1, -0.05) is 12.1 Å². The molecule has 0 aromatic heterocycles. The molecule has 2 heterocycles. The average Bonchev–Trinajstić information content (AvgIpc) is 3.21. The summed E-state index contributed by atoms with van der Waals surface area (Å²) in [5.74, 6) is 0.823. The van der Waals surface area contributed by atoms with Crippen LogP contribution in [-0.2, 0) is 4.74 Å². The summed E-state index contributed by atoms with van der Waals surface area (Å²) < 4.78 is 24.9. The molecule has 2 aliphatic heterocycles. The molecule has 1 aromatic rings. The number of para-hydroxylation sites is 1. The van der Waals surface area contributed by atoms with E-state index in [1.807, 2.05) is 6.92 Å². The Kier molecular flexibility index (Phi) is 7.30. The number of hydrogen-bond donors (Lipinski definition) is 1. The summed E-state index contributed by atoms with van der Waals surface area (Å²) in [4.78, 5) is 6.66. The summed E-state index contributed by atoms with van der Waals surface area (Å²) in [6.07, 6.45) is 2.12. The summed E-state index contributed by atoms with van der Waals surface area (Å²) >= 11 is 0. The van der Waals surface area contributed by atoms with Gasteiger partial charge in [0, 0.05) is 32.2 Å². The monoisotopic (exact) mass is 463 g/mol. The van der Waals surface area contributed by atoms with Crippen molar-refractivity contribution in [2.75, 3.05) is 39.9 Å². The van der Waals surface area contributed by atoms with Crippen molar-refractivity contribution in [2.24, 2.45) is 10.4 Å². The highest BCUT2D eigenvalue weighted by molar-refractivity contribution is 14.0. The summed E-state index contributed by atoms with van der Waals surface area (Å²) in [5.41, 5.74) is 0.299. The Bertz CT molecular complexity index is 593. The molecule has 2 saturated heterocycles. The Morgan fingerprint density at radius 3 is 2.92 bits per heavy atom. The maximum Gasteiger partial charge on any atom is 0.193 e. The molecule has 0 amide bonds. The Balaban J connectivity index is 0.00000225. The van der Waals surface area contributed by atoms with Crippen molar-refractivity contribution < 1.29 is 13.9 Å². The third-order valence-corrected chi connectivity index (χ3v) is 4.85. The fraction of sp³-hybridized carbons (Fsp3) is 0.611. The van der Waals surface area contributed by atoms with Crippen molar-refractivity contribution in [3.05, 3.63) is 30.1 Å². The second kappa shape index (κ2) is 9.02. The van der Waals surface area contributed by atoms with E-state index in [9.17, 15) is 4.39 Å². The number of halogens is 2. The van der Waals surface area contributed by atoms with Gasteiger partial charge in [-0.05, 0) is 31.9 Å². The van der Waals surface area contributed by atoms with Crippen LogP contribution in [0.2, 0.25) is 0 Å². The largest absolute Gasteiger partial charge is 0.486 e. The smallest absolute Gasteiger partial charge is 0.193 e. The van der Waals surface area contributed by atoms with Gasteiger partial charge in [0.1, 0.15) is 6.10 Å². The van der Waals surface area contributed by atoms with E-state index in [1.54, 1.807) is 25.2 Å². The van der Waals surface area contributed by atoms with Crippen LogP contribution in [0.4, 0.5) is 4.39 Å². The van der Waals surface area contributed by atoms with Crippen molar-refractivity contribution in [1.82, 2.24) is 10.2 Å². The van der Waals surface area contributed by atoms with Gasteiger partial charge in [-0.2, -0.15) is 0 Å². The normalized spacial score (nSPS) is 24.3. The average molecular weight is 463 g/mol. The van der Waals surface area contributed by atoms with Crippen molar-refractivity contribution in [3.8, 4) is 5.75 Å². The molecule has 0 aliphatic carbocycles. The zero-order valence-corrected chi connectivity index (χ0v) is 17.2. The fourth-order valence-corrected chi connectivity index (χ4v) is 3.45. The lowest BCUT2D eigenvalue weighted by molar-refractivity contribution is 0.156. The molecule has 1 spiro atoms. The molecule has 2 fully saturated rings. The number of nitrogens with zero attached hydrogens (tertiary/aromatic N) is 2. The highest BCUT2D eigenvalue weighted by Gasteiger charge is 2.42. The first-order chi connectivity index (χ1) is 11.6. The van der Waals surface area contributed by atoms with Crippen LogP contribution >= 0.6 is 24.0 Å². The predicted molar refractivity (Wildman–Crippen MR) is 107 cm³/mol. The molecule has 2 unspecified atom stereocenters. The van der Waals surface area contributed by atoms with Crippen molar-refractivity contribution >= 4 is 29.9 Å². The zero-order valence-electron chi connectivity index (χ0n) is 14.8. The number of hydrogen-bond acceptors (Lipinski definition) is 3. The van der Waals surface area contributed by atoms with Gasteiger partial charge >= 0.3 is 0 Å². The molecular weight excluding hydrogens is 436 g/mol.